The van der Waals surface area contributed by atoms with Crippen molar-refractivity contribution in [1.82, 2.24) is 24.6 Å². The molecule has 0 unspecified atom stereocenters. The zero-order valence-corrected chi connectivity index (χ0v) is 21.2. The van der Waals surface area contributed by atoms with Gasteiger partial charge < -0.3 is 18.6 Å². The van der Waals surface area contributed by atoms with Crippen LogP contribution in [0.15, 0.2) is 40.8 Å². The monoisotopic (exact) mass is 477 g/mol. The van der Waals surface area contributed by atoms with Crippen LogP contribution >= 0.6 is 0 Å². The van der Waals surface area contributed by atoms with Gasteiger partial charge in [-0.1, -0.05) is 30.3 Å². The largest absolute Gasteiger partial charge is 0.425 e. The van der Waals surface area contributed by atoms with E-state index in [0.717, 1.165) is 55.4 Å². The van der Waals surface area contributed by atoms with E-state index >= 15 is 0 Å². The first kappa shape index (κ1) is 23.8. The minimum Gasteiger partial charge on any atom is -0.425 e. The van der Waals surface area contributed by atoms with E-state index in [9.17, 15) is 4.79 Å². The number of fused-ring (bicyclic) bond motifs is 1. The second-order valence-corrected chi connectivity index (χ2v) is 10.1. The highest BCUT2D eigenvalue weighted by Gasteiger charge is 2.54. The van der Waals surface area contributed by atoms with Crippen LogP contribution in [0.5, 0.6) is 0 Å². The molecule has 2 fully saturated rings. The van der Waals surface area contributed by atoms with E-state index in [1.807, 2.05) is 30.9 Å². The second-order valence-electron chi connectivity index (χ2n) is 10.1. The summed E-state index contributed by atoms with van der Waals surface area (Å²) in [4.78, 5) is 18.2. The van der Waals surface area contributed by atoms with E-state index in [2.05, 4.69) is 50.9 Å². The van der Waals surface area contributed by atoms with Gasteiger partial charge >= 0.3 is 0 Å². The van der Waals surface area contributed by atoms with Crippen LogP contribution in [0.1, 0.15) is 45.5 Å². The van der Waals surface area contributed by atoms with Gasteiger partial charge in [0, 0.05) is 70.6 Å². The number of aryl methyl sites for hydroxylation is 2. The molecule has 0 aliphatic carbocycles. The Labute approximate surface area is 206 Å². The summed E-state index contributed by atoms with van der Waals surface area (Å²) < 4.78 is 13.4. The van der Waals surface area contributed by atoms with Gasteiger partial charge in [-0.3, -0.25) is 9.69 Å². The first-order valence-corrected chi connectivity index (χ1v) is 12.4. The van der Waals surface area contributed by atoms with Crippen LogP contribution in [0.3, 0.4) is 0 Å². The average Bonchev–Trinajstić information content (AvgIpc) is 3.53. The van der Waals surface area contributed by atoms with Gasteiger partial charge in [-0.25, -0.2) is 0 Å². The summed E-state index contributed by atoms with van der Waals surface area (Å²) in [5.41, 5.74) is 3.96. The molecule has 0 saturated carbocycles. The topological polar surface area (TPSA) is 76.6 Å². The van der Waals surface area contributed by atoms with Gasteiger partial charge in [0.25, 0.3) is 5.91 Å². The lowest BCUT2D eigenvalue weighted by atomic mass is 9.72. The van der Waals surface area contributed by atoms with Crippen LogP contribution in [0, 0.1) is 26.7 Å². The number of carbonyl (C=O) groups excluding carboxylic acids is 1. The number of carbonyl (C=O) groups is 1. The first-order chi connectivity index (χ1) is 16.9. The smallest absolute Gasteiger partial charge is 0.255 e. The number of methoxy groups -OCH3 is 1. The van der Waals surface area contributed by atoms with E-state index in [0.29, 0.717) is 25.6 Å². The summed E-state index contributed by atoms with van der Waals surface area (Å²) in [7, 11) is 1.70. The summed E-state index contributed by atoms with van der Waals surface area (Å²) in [5, 5.41) is 8.62. The Kier molecular flexibility index (Phi) is 6.51. The fourth-order valence-electron chi connectivity index (χ4n) is 5.99. The van der Waals surface area contributed by atoms with E-state index in [1.165, 1.54) is 5.56 Å². The van der Waals surface area contributed by atoms with E-state index in [1.54, 1.807) is 7.11 Å². The highest BCUT2D eigenvalue weighted by atomic mass is 16.5. The number of rotatable bonds is 7. The standard InChI is InChI=1S/C27H35N5O3/c1-19-14-24(20(2)32(19)12-13-34-4)25(33)31-11-10-27(26-29-28-21(3)35-26)18-30(16-23(27)17-31)15-22-8-6-5-7-9-22/h5-9,14,23H,10-13,15-18H2,1-4H3/t23-,27+/m1/s1. The maximum atomic E-state index is 13.7. The van der Waals surface area contributed by atoms with Crippen LogP contribution in [-0.4, -0.2) is 70.4 Å². The Morgan fingerprint density at radius 2 is 1.97 bits per heavy atom. The number of amides is 1. The van der Waals surface area contributed by atoms with Crippen LogP contribution < -0.4 is 0 Å². The van der Waals surface area contributed by atoms with E-state index in [-0.39, 0.29) is 17.2 Å². The highest BCUT2D eigenvalue weighted by molar-refractivity contribution is 5.95. The van der Waals surface area contributed by atoms with Gasteiger partial charge in [-0.15, -0.1) is 10.2 Å². The van der Waals surface area contributed by atoms with E-state index in [4.69, 9.17) is 9.15 Å². The SMILES string of the molecule is COCCn1c(C)cc(C(=O)N2CC[C@]3(c4nnc(C)o4)CN(Cc4ccccc4)C[C@@H]3C2)c1C. The number of aromatic nitrogens is 3. The van der Waals surface area contributed by atoms with Crippen molar-refractivity contribution in [3.05, 3.63) is 70.7 Å². The number of benzene rings is 1. The first-order valence-electron chi connectivity index (χ1n) is 12.4. The summed E-state index contributed by atoms with van der Waals surface area (Å²) in [6.07, 6.45) is 0.818. The lowest BCUT2D eigenvalue weighted by molar-refractivity contribution is 0.0567. The quantitative estimate of drug-likeness (QED) is 0.519. The molecule has 1 amide bonds. The summed E-state index contributed by atoms with van der Waals surface area (Å²) >= 11 is 0. The van der Waals surface area contributed by atoms with Crippen molar-refractivity contribution in [2.24, 2.45) is 5.92 Å². The number of hydrogen-bond donors (Lipinski definition) is 0. The van der Waals surface area contributed by atoms with Gasteiger partial charge in [0.2, 0.25) is 11.8 Å². The van der Waals surface area contributed by atoms with Crippen LogP contribution in [-0.2, 0) is 23.2 Å². The predicted molar refractivity (Wildman–Crippen MR) is 132 cm³/mol. The zero-order chi connectivity index (χ0) is 24.6. The number of hydrogen-bond acceptors (Lipinski definition) is 6. The Balaban J connectivity index is 1.38. The minimum atomic E-state index is -0.220. The fourth-order valence-corrected chi connectivity index (χ4v) is 5.99. The third-order valence-electron chi connectivity index (χ3n) is 7.85. The third-order valence-corrected chi connectivity index (χ3v) is 7.85. The Hall–Kier alpha value is -2.97. The van der Waals surface area contributed by atoms with Crippen molar-refractivity contribution in [1.29, 1.82) is 0 Å². The maximum Gasteiger partial charge on any atom is 0.255 e. The van der Waals surface area contributed by atoms with Gasteiger partial charge in [-0.2, -0.15) is 0 Å². The highest BCUT2D eigenvalue weighted by Crippen LogP contribution is 2.45. The predicted octanol–water partition coefficient (Wildman–Crippen LogP) is 3.36. The molecule has 0 spiro atoms. The van der Waals surface area contributed by atoms with Crippen molar-refractivity contribution in [2.75, 3.05) is 39.9 Å². The number of piperidine rings is 1. The van der Waals surface area contributed by atoms with Crippen LogP contribution in [0.2, 0.25) is 0 Å². The molecule has 186 valence electrons. The summed E-state index contributed by atoms with van der Waals surface area (Å²) in [5.74, 6) is 1.66. The van der Waals surface area contributed by atoms with Gasteiger partial charge in [0.15, 0.2) is 0 Å². The molecular formula is C27H35N5O3. The number of ether oxygens (including phenoxy) is 1. The van der Waals surface area contributed by atoms with Crippen molar-refractivity contribution in [3.8, 4) is 0 Å². The molecule has 2 aromatic heterocycles. The Morgan fingerprint density at radius 3 is 2.69 bits per heavy atom. The molecule has 0 N–H and O–H groups in total. The summed E-state index contributed by atoms with van der Waals surface area (Å²) in [6, 6.07) is 12.6. The molecule has 1 aromatic carbocycles. The lowest BCUT2D eigenvalue weighted by Gasteiger charge is -2.41. The molecule has 4 heterocycles. The Morgan fingerprint density at radius 1 is 1.17 bits per heavy atom. The molecule has 5 rings (SSSR count). The lowest BCUT2D eigenvalue weighted by Crippen LogP contribution is -2.51. The van der Waals surface area contributed by atoms with Gasteiger partial charge in [0.05, 0.1) is 17.6 Å². The molecule has 2 saturated heterocycles. The average molecular weight is 478 g/mol. The van der Waals surface area contributed by atoms with Crippen LogP contribution in [0.4, 0.5) is 0 Å². The number of likely N-dealkylation sites (tertiary alicyclic amines) is 2. The molecule has 3 aromatic rings. The normalized spacial score (nSPS) is 22.5. The molecule has 2 aliphatic rings. The van der Waals surface area contributed by atoms with Crippen molar-refractivity contribution in [3.63, 3.8) is 0 Å². The molecule has 8 heteroatoms. The third kappa shape index (κ3) is 4.41. The zero-order valence-electron chi connectivity index (χ0n) is 21.2. The molecule has 2 aliphatic heterocycles. The number of nitrogens with zero attached hydrogens (tertiary/aromatic N) is 5. The van der Waals surface area contributed by atoms with Crippen molar-refractivity contribution in [2.45, 2.75) is 45.7 Å². The van der Waals surface area contributed by atoms with Gasteiger partial charge in [-0.05, 0) is 31.9 Å². The minimum absolute atomic E-state index is 0.110. The van der Waals surface area contributed by atoms with Crippen LogP contribution in [0.25, 0.3) is 0 Å². The van der Waals surface area contributed by atoms with E-state index < -0.39 is 0 Å². The molecule has 0 radical (unpaired) electrons. The summed E-state index contributed by atoms with van der Waals surface area (Å²) in [6.45, 7) is 11.3. The second kappa shape index (κ2) is 9.59. The maximum absolute atomic E-state index is 13.7. The molecule has 0 bridgehead atoms. The molecule has 8 nitrogen and oxygen atoms in total. The molecule has 2 atom stereocenters. The molecule has 35 heavy (non-hydrogen) atoms. The van der Waals surface area contributed by atoms with Crippen molar-refractivity contribution >= 4 is 5.91 Å². The van der Waals surface area contributed by atoms with Crippen molar-refractivity contribution < 1.29 is 13.9 Å². The fraction of sp³-hybridized carbons (Fsp3) is 0.519. The molecular weight excluding hydrogens is 442 g/mol. The van der Waals surface area contributed by atoms with Gasteiger partial charge in [0.1, 0.15) is 0 Å². The Bertz CT molecular complexity index is 1190.